The number of thiazole rings is 1. The molecule has 0 bridgehead atoms. The SMILES string of the molecule is COc1ccccc1-c1csc2nc(NC(=O)CN3C(=O)c4ccccc4C3=O)nn12. The number of fused-ring (bicyclic) bond motifs is 2. The Morgan fingerprint density at radius 3 is 2.35 bits per heavy atom. The fraction of sp³-hybridized carbons (Fsp3) is 0.0952. The number of amides is 3. The van der Waals surface area contributed by atoms with E-state index in [0.29, 0.717) is 21.8 Å². The van der Waals surface area contributed by atoms with Crippen molar-refractivity contribution >= 4 is 40.0 Å². The summed E-state index contributed by atoms with van der Waals surface area (Å²) >= 11 is 1.37. The van der Waals surface area contributed by atoms with Crippen molar-refractivity contribution < 1.29 is 19.1 Å². The number of imide groups is 1. The summed E-state index contributed by atoms with van der Waals surface area (Å²) in [6.45, 7) is -0.418. The molecule has 0 saturated carbocycles. The highest BCUT2D eigenvalue weighted by Gasteiger charge is 2.36. The molecule has 0 radical (unpaired) electrons. The molecular weight excluding hydrogens is 418 g/mol. The van der Waals surface area contributed by atoms with Gasteiger partial charge in [0.25, 0.3) is 17.8 Å². The van der Waals surface area contributed by atoms with Crippen molar-refractivity contribution in [1.29, 1.82) is 0 Å². The molecule has 5 rings (SSSR count). The highest BCUT2D eigenvalue weighted by atomic mass is 32.1. The summed E-state index contributed by atoms with van der Waals surface area (Å²) in [7, 11) is 1.59. The zero-order chi connectivity index (χ0) is 21.5. The second kappa shape index (κ2) is 7.33. The summed E-state index contributed by atoms with van der Waals surface area (Å²) in [5, 5.41) is 8.82. The molecule has 0 spiro atoms. The number of methoxy groups -OCH3 is 1. The maximum absolute atomic E-state index is 12.5. The number of hydrogen-bond donors (Lipinski definition) is 1. The van der Waals surface area contributed by atoms with Crippen LogP contribution in [-0.4, -0.2) is 50.9 Å². The highest BCUT2D eigenvalue weighted by molar-refractivity contribution is 7.15. The van der Waals surface area contributed by atoms with Crippen molar-refractivity contribution in [2.24, 2.45) is 0 Å². The minimum atomic E-state index is -0.563. The topological polar surface area (TPSA) is 106 Å². The van der Waals surface area contributed by atoms with Crippen LogP contribution in [0.2, 0.25) is 0 Å². The average Bonchev–Trinajstić information content (AvgIpc) is 3.42. The van der Waals surface area contributed by atoms with Gasteiger partial charge in [-0.15, -0.1) is 16.4 Å². The van der Waals surface area contributed by atoms with Crippen molar-refractivity contribution in [3.05, 3.63) is 65.0 Å². The van der Waals surface area contributed by atoms with Crippen LogP contribution < -0.4 is 10.1 Å². The molecule has 3 amide bonds. The van der Waals surface area contributed by atoms with Crippen molar-refractivity contribution in [3.63, 3.8) is 0 Å². The minimum absolute atomic E-state index is 0.0876. The third-order valence-electron chi connectivity index (χ3n) is 4.90. The smallest absolute Gasteiger partial charge is 0.262 e. The number of ether oxygens (including phenoxy) is 1. The summed E-state index contributed by atoms with van der Waals surface area (Å²) in [6, 6.07) is 14.0. The first-order valence-electron chi connectivity index (χ1n) is 9.29. The van der Waals surface area contributed by atoms with Crippen LogP contribution in [0.5, 0.6) is 5.75 Å². The molecule has 154 valence electrons. The molecule has 0 saturated heterocycles. The van der Waals surface area contributed by atoms with Crippen LogP contribution in [0, 0.1) is 0 Å². The Morgan fingerprint density at radius 2 is 1.68 bits per heavy atom. The average molecular weight is 433 g/mol. The van der Waals surface area contributed by atoms with Gasteiger partial charge in [0.2, 0.25) is 10.9 Å². The number of carbonyl (C=O) groups excluding carboxylic acids is 3. The van der Waals surface area contributed by atoms with Crippen molar-refractivity contribution in [1.82, 2.24) is 19.5 Å². The van der Waals surface area contributed by atoms with E-state index in [4.69, 9.17) is 4.74 Å². The normalized spacial score (nSPS) is 13.0. The lowest BCUT2D eigenvalue weighted by atomic mass is 10.1. The highest BCUT2D eigenvalue weighted by Crippen LogP contribution is 2.32. The molecule has 2 aromatic carbocycles. The van der Waals surface area contributed by atoms with Crippen LogP contribution in [0.1, 0.15) is 20.7 Å². The maximum Gasteiger partial charge on any atom is 0.262 e. The number of nitrogens with zero attached hydrogens (tertiary/aromatic N) is 4. The Balaban J connectivity index is 1.36. The molecule has 0 aliphatic carbocycles. The number of aromatic nitrogens is 3. The van der Waals surface area contributed by atoms with Gasteiger partial charge in [-0.2, -0.15) is 4.98 Å². The fourth-order valence-electron chi connectivity index (χ4n) is 3.47. The predicted molar refractivity (Wildman–Crippen MR) is 113 cm³/mol. The molecule has 2 aromatic heterocycles. The first-order chi connectivity index (χ1) is 15.1. The molecule has 0 unspecified atom stereocenters. The Bertz CT molecular complexity index is 1320. The van der Waals surface area contributed by atoms with Gasteiger partial charge in [-0.05, 0) is 24.3 Å². The molecule has 4 aromatic rings. The molecule has 1 aliphatic heterocycles. The van der Waals surface area contributed by atoms with E-state index < -0.39 is 24.3 Å². The number of anilines is 1. The van der Waals surface area contributed by atoms with Crippen LogP contribution in [0.4, 0.5) is 5.95 Å². The number of para-hydroxylation sites is 1. The number of rotatable bonds is 5. The van der Waals surface area contributed by atoms with E-state index in [2.05, 4.69) is 15.4 Å². The second-order valence-electron chi connectivity index (χ2n) is 6.74. The number of carbonyl (C=O) groups is 3. The van der Waals surface area contributed by atoms with Gasteiger partial charge in [-0.1, -0.05) is 24.3 Å². The summed E-state index contributed by atoms with van der Waals surface area (Å²) in [5.74, 6) is -0.772. The summed E-state index contributed by atoms with van der Waals surface area (Å²) in [5.41, 5.74) is 2.20. The van der Waals surface area contributed by atoms with E-state index >= 15 is 0 Å². The molecule has 9 nitrogen and oxygen atoms in total. The number of nitrogens with one attached hydrogen (secondary N) is 1. The van der Waals surface area contributed by atoms with Crippen LogP contribution >= 0.6 is 11.3 Å². The fourth-order valence-corrected chi connectivity index (χ4v) is 4.29. The van der Waals surface area contributed by atoms with E-state index in [0.717, 1.165) is 16.2 Å². The summed E-state index contributed by atoms with van der Waals surface area (Å²) < 4.78 is 7.03. The van der Waals surface area contributed by atoms with E-state index in [1.807, 2.05) is 29.6 Å². The van der Waals surface area contributed by atoms with Gasteiger partial charge in [0, 0.05) is 10.9 Å². The Labute approximate surface area is 179 Å². The zero-order valence-corrected chi connectivity index (χ0v) is 17.0. The largest absolute Gasteiger partial charge is 0.496 e. The summed E-state index contributed by atoms with van der Waals surface area (Å²) in [4.78, 5) is 43.2. The molecule has 1 aliphatic rings. The van der Waals surface area contributed by atoms with Gasteiger partial charge in [-0.25, -0.2) is 4.52 Å². The second-order valence-corrected chi connectivity index (χ2v) is 7.58. The molecule has 0 atom stereocenters. The molecule has 0 fully saturated rings. The van der Waals surface area contributed by atoms with Gasteiger partial charge in [-0.3, -0.25) is 24.6 Å². The van der Waals surface area contributed by atoms with Crippen molar-refractivity contribution in [2.75, 3.05) is 19.0 Å². The van der Waals surface area contributed by atoms with Gasteiger partial charge in [0.15, 0.2) is 0 Å². The van der Waals surface area contributed by atoms with Gasteiger partial charge < -0.3 is 4.74 Å². The summed E-state index contributed by atoms with van der Waals surface area (Å²) in [6.07, 6.45) is 0. The number of hydrogen-bond acceptors (Lipinski definition) is 7. The maximum atomic E-state index is 12.5. The third-order valence-corrected chi connectivity index (χ3v) is 5.71. The Morgan fingerprint density at radius 1 is 1.03 bits per heavy atom. The van der Waals surface area contributed by atoms with Crippen LogP contribution in [0.25, 0.3) is 16.2 Å². The van der Waals surface area contributed by atoms with Crippen molar-refractivity contribution in [3.8, 4) is 17.0 Å². The van der Waals surface area contributed by atoms with E-state index in [1.54, 1.807) is 35.9 Å². The zero-order valence-electron chi connectivity index (χ0n) is 16.2. The molecule has 31 heavy (non-hydrogen) atoms. The van der Waals surface area contributed by atoms with Crippen LogP contribution in [0.15, 0.2) is 53.9 Å². The van der Waals surface area contributed by atoms with Gasteiger partial charge >= 0.3 is 0 Å². The molecular formula is C21H15N5O4S. The number of benzene rings is 2. The molecule has 1 N–H and O–H groups in total. The van der Waals surface area contributed by atoms with Gasteiger partial charge in [0.1, 0.15) is 12.3 Å². The minimum Gasteiger partial charge on any atom is -0.496 e. The molecule has 3 heterocycles. The van der Waals surface area contributed by atoms with Crippen molar-refractivity contribution in [2.45, 2.75) is 0 Å². The standard InChI is InChI=1S/C21H15N5O4S/c1-30-16-9-5-4-8-14(16)15-11-31-21-23-20(24-26(15)21)22-17(27)10-25-18(28)12-6-2-3-7-13(12)19(25)29/h2-9,11H,10H2,1H3,(H,22,24,27). The van der Waals surface area contributed by atoms with Crippen LogP contribution in [-0.2, 0) is 4.79 Å². The monoisotopic (exact) mass is 433 g/mol. The molecule has 10 heteroatoms. The quantitative estimate of drug-likeness (QED) is 0.485. The lowest BCUT2D eigenvalue weighted by Crippen LogP contribution is -2.37. The third kappa shape index (κ3) is 3.13. The van der Waals surface area contributed by atoms with Crippen LogP contribution in [0.3, 0.4) is 0 Å². The predicted octanol–water partition coefficient (Wildman–Crippen LogP) is 2.70. The van der Waals surface area contributed by atoms with E-state index in [1.165, 1.54) is 11.3 Å². The van der Waals surface area contributed by atoms with E-state index in [-0.39, 0.29) is 5.95 Å². The Kier molecular flexibility index (Phi) is 4.48. The first kappa shape index (κ1) is 18.9. The first-order valence-corrected chi connectivity index (χ1v) is 10.2. The van der Waals surface area contributed by atoms with Gasteiger partial charge in [0.05, 0.1) is 23.9 Å². The Hall–Kier alpha value is -4.05. The lowest BCUT2D eigenvalue weighted by molar-refractivity contribution is -0.116. The lowest BCUT2D eigenvalue weighted by Gasteiger charge is -2.12. The van der Waals surface area contributed by atoms with E-state index in [9.17, 15) is 14.4 Å².